The third-order valence-corrected chi connectivity index (χ3v) is 3.84. The van der Waals surface area contributed by atoms with E-state index in [0.29, 0.717) is 12.1 Å². The van der Waals surface area contributed by atoms with Gasteiger partial charge in [0.15, 0.2) is 0 Å². The number of anilines is 1. The Kier molecular flexibility index (Phi) is 2.75. The first-order valence-electron chi connectivity index (χ1n) is 6.44. The lowest BCUT2D eigenvalue weighted by molar-refractivity contribution is 0.188. The van der Waals surface area contributed by atoms with E-state index in [4.69, 9.17) is 0 Å². The van der Waals surface area contributed by atoms with Crippen LogP contribution in [0.15, 0.2) is 6.07 Å². The summed E-state index contributed by atoms with van der Waals surface area (Å²) in [5, 5.41) is 12.9. The SMILES string of the molecule is C[C@H](O)c1nc2c(cc1F)CC1CNC[C@@H](C)N21. The van der Waals surface area contributed by atoms with Gasteiger partial charge in [0.25, 0.3) is 0 Å². The Labute approximate surface area is 106 Å². The number of nitrogens with one attached hydrogen (secondary N) is 1. The number of piperazine rings is 1. The van der Waals surface area contributed by atoms with Crippen molar-refractivity contribution in [3.63, 3.8) is 0 Å². The van der Waals surface area contributed by atoms with Crippen molar-refractivity contribution in [1.82, 2.24) is 10.3 Å². The average molecular weight is 251 g/mol. The molecule has 0 radical (unpaired) electrons. The van der Waals surface area contributed by atoms with Crippen molar-refractivity contribution in [3.8, 4) is 0 Å². The molecule has 3 rings (SSSR count). The van der Waals surface area contributed by atoms with Crippen molar-refractivity contribution in [2.24, 2.45) is 0 Å². The standard InChI is InChI=1S/C13H18FN3O/c1-7-5-15-6-10-3-9-4-11(14)12(8(2)18)16-13(9)17(7)10/h4,7-8,10,15,18H,3,5-6H2,1-2H3/t7-,8+,10?/m1/s1. The molecule has 2 aliphatic rings. The fourth-order valence-corrected chi connectivity index (χ4v) is 3.02. The Morgan fingerprint density at radius 3 is 3.06 bits per heavy atom. The van der Waals surface area contributed by atoms with Gasteiger partial charge in [0.2, 0.25) is 0 Å². The number of halogens is 1. The molecule has 0 spiro atoms. The molecule has 0 saturated carbocycles. The Morgan fingerprint density at radius 2 is 2.33 bits per heavy atom. The maximum absolute atomic E-state index is 13.8. The van der Waals surface area contributed by atoms with E-state index >= 15 is 0 Å². The zero-order valence-corrected chi connectivity index (χ0v) is 10.7. The van der Waals surface area contributed by atoms with Gasteiger partial charge in [0, 0.05) is 25.2 Å². The van der Waals surface area contributed by atoms with Gasteiger partial charge in [-0.2, -0.15) is 0 Å². The van der Waals surface area contributed by atoms with Gasteiger partial charge in [-0.3, -0.25) is 0 Å². The number of aliphatic hydroxyl groups is 1. The lowest BCUT2D eigenvalue weighted by atomic mass is 10.1. The van der Waals surface area contributed by atoms with Crippen LogP contribution >= 0.6 is 0 Å². The van der Waals surface area contributed by atoms with E-state index in [1.165, 1.54) is 6.07 Å². The van der Waals surface area contributed by atoms with Crippen LogP contribution < -0.4 is 10.2 Å². The average Bonchev–Trinajstić information content (AvgIpc) is 2.65. The number of hydrogen-bond acceptors (Lipinski definition) is 4. The van der Waals surface area contributed by atoms with Crippen molar-refractivity contribution in [3.05, 3.63) is 23.1 Å². The van der Waals surface area contributed by atoms with Crippen LogP contribution in [0.1, 0.15) is 31.2 Å². The van der Waals surface area contributed by atoms with Gasteiger partial charge >= 0.3 is 0 Å². The number of hydrogen-bond donors (Lipinski definition) is 2. The minimum Gasteiger partial charge on any atom is -0.387 e. The first-order chi connectivity index (χ1) is 8.58. The zero-order chi connectivity index (χ0) is 12.9. The van der Waals surface area contributed by atoms with Gasteiger partial charge in [-0.05, 0) is 31.9 Å². The predicted octanol–water partition coefficient (Wildman–Crippen LogP) is 0.997. The molecule has 2 N–H and O–H groups in total. The molecule has 1 aromatic rings. The lowest BCUT2D eigenvalue weighted by Gasteiger charge is -2.37. The molecule has 3 heterocycles. The minimum absolute atomic E-state index is 0.153. The summed E-state index contributed by atoms with van der Waals surface area (Å²) in [4.78, 5) is 6.62. The first-order valence-corrected chi connectivity index (χ1v) is 6.44. The zero-order valence-electron chi connectivity index (χ0n) is 10.7. The summed E-state index contributed by atoms with van der Waals surface area (Å²) in [6.45, 7) is 5.51. The summed E-state index contributed by atoms with van der Waals surface area (Å²) in [6.07, 6.45) is -0.0379. The summed E-state index contributed by atoms with van der Waals surface area (Å²) in [5.41, 5.74) is 1.11. The van der Waals surface area contributed by atoms with E-state index in [9.17, 15) is 9.50 Å². The molecule has 98 valence electrons. The monoisotopic (exact) mass is 251 g/mol. The molecule has 1 fully saturated rings. The van der Waals surface area contributed by atoms with Gasteiger partial charge in [0.05, 0.1) is 6.10 Å². The molecular weight excluding hydrogens is 233 g/mol. The van der Waals surface area contributed by atoms with Crippen LogP contribution in [-0.4, -0.2) is 35.3 Å². The second-order valence-corrected chi connectivity index (χ2v) is 5.29. The fraction of sp³-hybridized carbons (Fsp3) is 0.615. The van der Waals surface area contributed by atoms with E-state index in [0.717, 1.165) is 30.9 Å². The number of aromatic nitrogens is 1. The van der Waals surface area contributed by atoms with E-state index in [1.54, 1.807) is 6.92 Å². The number of fused-ring (bicyclic) bond motifs is 3. The highest BCUT2D eigenvalue weighted by Crippen LogP contribution is 2.35. The third-order valence-electron chi connectivity index (χ3n) is 3.84. The van der Waals surface area contributed by atoms with Crippen molar-refractivity contribution in [2.45, 2.75) is 38.5 Å². The fourth-order valence-electron chi connectivity index (χ4n) is 3.02. The Balaban J connectivity index is 2.06. The van der Waals surface area contributed by atoms with Gasteiger partial charge in [-0.15, -0.1) is 0 Å². The molecule has 0 bridgehead atoms. The topological polar surface area (TPSA) is 48.4 Å². The van der Waals surface area contributed by atoms with Crippen LogP contribution in [0, 0.1) is 5.82 Å². The van der Waals surface area contributed by atoms with Crippen LogP contribution in [0.4, 0.5) is 10.2 Å². The summed E-state index contributed by atoms with van der Waals surface area (Å²) in [5.74, 6) is 0.454. The third kappa shape index (κ3) is 1.69. The summed E-state index contributed by atoms with van der Waals surface area (Å²) < 4.78 is 13.8. The number of rotatable bonds is 1. The Hall–Kier alpha value is -1.20. The van der Waals surface area contributed by atoms with Crippen LogP contribution in [0.25, 0.3) is 0 Å². The first kappa shape index (κ1) is 11.9. The molecule has 4 nitrogen and oxygen atoms in total. The molecule has 0 aliphatic carbocycles. The highest BCUT2D eigenvalue weighted by Gasteiger charge is 2.37. The van der Waals surface area contributed by atoms with Gasteiger partial charge in [0.1, 0.15) is 17.3 Å². The molecule has 1 saturated heterocycles. The maximum atomic E-state index is 13.8. The van der Waals surface area contributed by atoms with Gasteiger partial charge in [-0.1, -0.05) is 0 Å². The van der Waals surface area contributed by atoms with Crippen LogP contribution in [0.2, 0.25) is 0 Å². The van der Waals surface area contributed by atoms with Crippen molar-refractivity contribution < 1.29 is 9.50 Å². The molecule has 5 heteroatoms. The second-order valence-electron chi connectivity index (χ2n) is 5.29. The van der Waals surface area contributed by atoms with Crippen molar-refractivity contribution in [1.29, 1.82) is 0 Å². The Bertz CT molecular complexity index is 478. The van der Waals surface area contributed by atoms with Crippen molar-refractivity contribution >= 4 is 5.82 Å². The number of pyridine rings is 1. The van der Waals surface area contributed by atoms with E-state index in [-0.39, 0.29) is 5.69 Å². The molecule has 2 aliphatic heterocycles. The van der Waals surface area contributed by atoms with Crippen LogP contribution in [0.5, 0.6) is 0 Å². The van der Waals surface area contributed by atoms with Crippen molar-refractivity contribution in [2.75, 3.05) is 18.0 Å². The molecule has 3 atom stereocenters. The normalized spacial score (nSPS) is 27.9. The summed E-state index contributed by atoms with van der Waals surface area (Å²) in [6, 6.07) is 2.25. The molecule has 0 aromatic carbocycles. The van der Waals surface area contributed by atoms with E-state index in [1.807, 2.05) is 0 Å². The van der Waals surface area contributed by atoms with Gasteiger partial charge in [-0.25, -0.2) is 9.37 Å². The second kappa shape index (κ2) is 4.17. The van der Waals surface area contributed by atoms with Gasteiger partial charge < -0.3 is 15.3 Å². The highest BCUT2D eigenvalue weighted by molar-refractivity contribution is 5.56. The predicted molar refractivity (Wildman–Crippen MR) is 67.1 cm³/mol. The largest absolute Gasteiger partial charge is 0.387 e. The quantitative estimate of drug-likeness (QED) is 0.781. The summed E-state index contributed by atoms with van der Waals surface area (Å²) >= 11 is 0. The number of nitrogens with zero attached hydrogens (tertiary/aromatic N) is 2. The Morgan fingerprint density at radius 1 is 1.56 bits per heavy atom. The molecule has 18 heavy (non-hydrogen) atoms. The molecule has 1 unspecified atom stereocenters. The maximum Gasteiger partial charge on any atom is 0.147 e. The highest BCUT2D eigenvalue weighted by atomic mass is 19.1. The lowest BCUT2D eigenvalue weighted by Crippen LogP contribution is -2.55. The number of aliphatic hydroxyl groups excluding tert-OH is 1. The van der Waals surface area contributed by atoms with Crippen LogP contribution in [0.3, 0.4) is 0 Å². The van der Waals surface area contributed by atoms with E-state index < -0.39 is 11.9 Å². The molecule has 0 amide bonds. The van der Waals surface area contributed by atoms with Crippen LogP contribution in [-0.2, 0) is 6.42 Å². The molecular formula is C13H18FN3O. The minimum atomic E-state index is -0.868. The summed E-state index contributed by atoms with van der Waals surface area (Å²) in [7, 11) is 0. The smallest absolute Gasteiger partial charge is 0.147 e. The van der Waals surface area contributed by atoms with E-state index in [2.05, 4.69) is 22.1 Å². The molecule has 1 aromatic heterocycles.